The van der Waals surface area contributed by atoms with Gasteiger partial charge in [0.25, 0.3) is 0 Å². The second-order valence-corrected chi connectivity index (χ2v) is 6.38. The zero-order valence-electron chi connectivity index (χ0n) is 14.8. The van der Waals surface area contributed by atoms with Crippen LogP contribution in [0.15, 0.2) is 48.9 Å². The average Bonchev–Trinajstić information content (AvgIpc) is 3.08. The van der Waals surface area contributed by atoms with Crippen LogP contribution in [-0.2, 0) is 6.54 Å². The van der Waals surface area contributed by atoms with Crippen LogP contribution in [0.4, 0.5) is 5.82 Å². The first-order valence-electron chi connectivity index (χ1n) is 8.64. The number of H-pyrrole nitrogens is 1. The van der Waals surface area contributed by atoms with Crippen molar-refractivity contribution in [2.45, 2.75) is 13.5 Å². The lowest BCUT2D eigenvalue weighted by Crippen LogP contribution is -2.46. The number of anilines is 1. The van der Waals surface area contributed by atoms with Crippen molar-refractivity contribution >= 4 is 18.2 Å². The molecular formula is C19H23ClN6. The van der Waals surface area contributed by atoms with Gasteiger partial charge in [0.05, 0.1) is 6.20 Å². The highest BCUT2D eigenvalue weighted by atomic mass is 35.5. The van der Waals surface area contributed by atoms with E-state index in [9.17, 15) is 0 Å². The third kappa shape index (κ3) is 3.86. The summed E-state index contributed by atoms with van der Waals surface area (Å²) in [7, 11) is 0. The molecular weight excluding hydrogens is 348 g/mol. The van der Waals surface area contributed by atoms with Gasteiger partial charge in [0.2, 0.25) is 0 Å². The standard InChI is InChI=1S/C19H22N6.ClH/c1-15-17(13-22-23-15)14-24-9-11-25(12-10-24)19-18(20-7-8-21-19)16-5-3-2-4-6-16;/h2-8,13H,9-12,14H2,1H3,(H,22,23);1H. The van der Waals surface area contributed by atoms with Crippen LogP contribution >= 0.6 is 12.4 Å². The monoisotopic (exact) mass is 370 g/mol. The summed E-state index contributed by atoms with van der Waals surface area (Å²) in [5.74, 6) is 0.979. The topological polar surface area (TPSA) is 60.9 Å². The van der Waals surface area contributed by atoms with Gasteiger partial charge in [-0.1, -0.05) is 30.3 Å². The van der Waals surface area contributed by atoms with Crippen LogP contribution in [-0.4, -0.2) is 51.2 Å². The Morgan fingerprint density at radius 2 is 1.73 bits per heavy atom. The Kier molecular flexibility index (Phi) is 5.85. The molecule has 26 heavy (non-hydrogen) atoms. The van der Waals surface area contributed by atoms with Crippen LogP contribution < -0.4 is 4.90 Å². The predicted molar refractivity (Wildman–Crippen MR) is 106 cm³/mol. The summed E-state index contributed by atoms with van der Waals surface area (Å²) in [5.41, 5.74) is 4.50. The number of aromatic amines is 1. The van der Waals surface area contributed by atoms with Crippen molar-refractivity contribution in [3.63, 3.8) is 0 Å². The van der Waals surface area contributed by atoms with Crippen LogP contribution in [0.1, 0.15) is 11.3 Å². The molecule has 1 N–H and O–H groups in total. The number of nitrogens with zero attached hydrogens (tertiary/aromatic N) is 5. The minimum absolute atomic E-state index is 0. The van der Waals surface area contributed by atoms with E-state index in [1.54, 1.807) is 12.4 Å². The van der Waals surface area contributed by atoms with E-state index < -0.39 is 0 Å². The predicted octanol–water partition coefficient (Wildman–Crippen LogP) is 2.92. The molecule has 136 valence electrons. The molecule has 6 nitrogen and oxygen atoms in total. The van der Waals surface area contributed by atoms with E-state index in [2.05, 4.69) is 49.0 Å². The minimum Gasteiger partial charge on any atom is -0.352 e. The van der Waals surface area contributed by atoms with E-state index in [1.165, 1.54) is 5.56 Å². The molecule has 0 radical (unpaired) electrons. The Morgan fingerprint density at radius 3 is 2.42 bits per heavy atom. The molecule has 0 unspecified atom stereocenters. The average molecular weight is 371 g/mol. The second-order valence-electron chi connectivity index (χ2n) is 6.38. The van der Waals surface area contributed by atoms with Crippen molar-refractivity contribution in [1.82, 2.24) is 25.1 Å². The molecule has 7 heteroatoms. The maximum Gasteiger partial charge on any atom is 0.155 e. The van der Waals surface area contributed by atoms with Crippen molar-refractivity contribution in [3.05, 3.63) is 60.2 Å². The van der Waals surface area contributed by atoms with E-state index >= 15 is 0 Å². The number of aryl methyl sites for hydroxylation is 1. The Morgan fingerprint density at radius 1 is 1.00 bits per heavy atom. The fraction of sp³-hybridized carbons (Fsp3) is 0.316. The highest BCUT2D eigenvalue weighted by Crippen LogP contribution is 2.27. The molecule has 0 amide bonds. The molecule has 4 rings (SSSR count). The maximum absolute atomic E-state index is 4.62. The SMILES string of the molecule is Cc1[nH]ncc1CN1CCN(c2nccnc2-c2ccccc2)CC1.Cl. The molecule has 3 aromatic rings. The molecule has 0 bridgehead atoms. The number of aromatic nitrogens is 4. The molecule has 0 atom stereocenters. The summed E-state index contributed by atoms with van der Waals surface area (Å²) < 4.78 is 0. The van der Waals surface area contributed by atoms with Gasteiger partial charge in [-0.2, -0.15) is 5.10 Å². The van der Waals surface area contributed by atoms with Crippen LogP contribution in [0.2, 0.25) is 0 Å². The molecule has 0 aliphatic carbocycles. The van der Waals surface area contributed by atoms with Gasteiger partial charge in [0.1, 0.15) is 5.69 Å². The number of halogens is 1. The molecule has 1 aliphatic rings. The zero-order chi connectivity index (χ0) is 17.1. The molecule has 2 aromatic heterocycles. The first kappa shape index (κ1) is 18.4. The van der Waals surface area contributed by atoms with E-state index in [0.717, 1.165) is 55.5 Å². The lowest BCUT2D eigenvalue weighted by molar-refractivity contribution is 0.249. The van der Waals surface area contributed by atoms with Crippen LogP contribution in [0.25, 0.3) is 11.3 Å². The Bertz CT molecular complexity index is 827. The van der Waals surface area contributed by atoms with Gasteiger partial charge in [0, 0.05) is 61.9 Å². The number of hydrogen-bond acceptors (Lipinski definition) is 5. The molecule has 1 saturated heterocycles. The van der Waals surface area contributed by atoms with Crippen molar-refractivity contribution in [3.8, 4) is 11.3 Å². The van der Waals surface area contributed by atoms with Crippen LogP contribution in [0.5, 0.6) is 0 Å². The Labute approximate surface area is 159 Å². The fourth-order valence-corrected chi connectivity index (χ4v) is 3.26. The molecule has 3 heterocycles. The summed E-state index contributed by atoms with van der Waals surface area (Å²) >= 11 is 0. The van der Waals surface area contributed by atoms with E-state index in [0.29, 0.717) is 0 Å². The summed E-state index contributed by atoms with van der Waals surface area (Å²) in [4.78, 5) is 14.0. The summed E-state index contributed by atoms with van der Waals surface area (Å²) in [6.45, 7) is 6.95. The smallest absolute Gasteiger partial charge is 0.155 e. The van der Waals surface area contributed by atoms with Crippen molar-refractivity contribution in [1.29, 1.82) is 0 Å². The second kappa shape index (κ2) is 8.29. The van der Waals surface area contributed by atoms with Gasteiger partial charge in [0.15, 0.2) is 5.82 Å². The van der Waals surface area contributed by atoms with Gasteiger partial charge in [-0.25, -0.2) is 4.98 Å². The number of rotatable bonds is 4. The van der Waals surface area contributed by atoms with Crippen molar-refractivity contribution in [2.75, 3.05) is 31.1 Å². The number of nitrogens with one attached hydrogen (secondary N) is 1. The van der Waals surface area contributed by atoms with Gasteiger partial charge in [-0.05, 0) is 6.92 Å². The lowest BCUT2D eigenvalue weighted by atomic mass is 10.1. The minimum atomic E-state index is 0. The lowest BCUT2D eigenvalue weighted by Gasteiger charge is -2.35. The largest absolute Gasteiger partial charge is 0.352 e. The first-order chi connectivity index (χ1) is 12.3. The zero-order valence-corrected chi connectivity index (χ0v) is 15.6. The summed E-state index contributed by atoms with van der Waals surface area (Å²) in [6.07, 6.45) is 5.48. The molecule has 1 aliphatic heterocycles. The van der Waals surface area contributed by atoms with Gasteiger partial charge >= 0.3 is 0 Å². The summed E-state index contributed by atoms with van der Waals surface area (Å²) in [5, 5.41) is 7.13. The van der Waals surface area contributed by atoms with E-state index in [1.807, 2.05) is 24.4 Å². The van der Waals surface area contributed by atoms with Crippen LogP contribution in [0.3, 0.4) is 0 Å². The van der Waals surface area contributed by atoms with E-state index in [-0.39, 0.29) is 12.4 Å². The number of piperazine rings is 1. The highest BCUT2D eigenvalue weighted by molar-refractivity contribution is 5.85. The van der Waals surface area contributed by atoms with Crippen molar-refractivity contribution in [2.24, 2.45) is 0 Å². The van der Waals surface area contributed by atoms with Gasteiger partial charge < -0.3 is 4.90 Å². The van der Waals surface area contributed by atoms with Crippen LogP contribution in [0, 0.1) is 6.92 Å². The maximum atomic E-state index is 4.62. The molecule has 0 spiro atoms. The Balaban J connectivity index is 0.00000196. The number of hydrogen-bond donors (Lipinski definition) is 1. The van der Waals surface area contributed by atoms with Gasteiger partial charge in [-0.15, -0.1) is 12.4 Å². The third-order valence-corrected chi connectivity index (χ3v) is 4.73. The molecule has 1 aromatic carbocycles. The number of benzene rings is 1. The van der Waals surface area contributed by atoms with Gasteiger partial charge in [-0.3, -0.25) is 15.0 Å². The quantitative estimate of drug-likeness (QED) is 0.765. The summed E-state index contributed by atoms with van der Waals surface area (Å²) in [6, 6.07) is 10.3. The van der Waals surface area contributed by atoms with Crippen molar-refractivity contribution < 1.29 is 0 Å². The molecule has 1 fully saturated rings. The fourth-order valence-electron chi connectivity index (χ4n) is 3.26. The highest BCUT2D eigenvalue weighted by Gasteiger charge is 2.21. The normalized spacial score (nSPS) is 14.9. The first-order valence-corrected chi connectivity index (χ1v) is 8.64. The third-order valence-electron chi connectivity index (χ3n) is 4.73. The Hall–Kier alpha value is -2.44. The molecule has 0 saturated carbocycles. The van der Waals surface area contributed by atoms with E-state index in [4.69, 9.17) is 0 Å².